The van der Waals surface area contributed by atoms with E-state index in [4.69, 9.17) is 18.9 Å². The summed E-state index contributed by atoms with van der Waals surface area (Å²) in [4.78, 5) is 89.4. The molecule has 2 heterocycles. The first-order chi connectivity index (χ1) is 36.8. The Kier molecular flexibility index (Phi) is 36.7. The van der Waals surface area contributed by atoms with Gasteiger partial charge in [-0.2, -0.15) is 0 Å². The highest BCUT2D eigenvalue weighted by Crippen LogP contribution is 2.23. The quantitative estimate of drug-likeness (QED) is 0.0337. The Hall–Kier alpha value is -4.15. The first kappa shape index (κ1) is 69.0. The van der Waals surface area contributed by atoms with Crippen molar-refractivity contribution in [1.82, 2.24) is 36.8 Å². The molecule has 13 N–H and O–H groups in total. The van der Waals surface area contributed by atoms with Crippen LogP contribution in [0.1, 0.15) is 156 Å². The van der Waals surface area contributed by atoms with E-state index >= 15 is 0 Å². The average Bonchev–Trinajstić information content (AvgIpc) is 3.39. The van der Waals surface area contributed by atoms with E-state index in [2.05, 4.69) is 38.8 Å². The van der Waals surface area contributed by atoms with Crippen LogP contribution < -0.4 is 31.9 Å². The molecule has 2 fully saturated rings. The van der Waals surface area contributed by atoms with E-state index in [0.717, 1.165) is 19.3 Å². The van der Waals surface area contributed by atoms with Crippen molar-refractivity contribution in [3.05, 3.63) is 0 Å². The topological polar surface area (TPSA) is 373 Å². The van der Waals surface area contributed by atoms with Crippen LogP contribution in [0.2, 0.25) is 0 Å². The molecule has 2 aliphatic rings. The van der Waals surface area contributed by atoms with Gasteiger partial charge >= 0.3 is 5.97 Å². The number of nitrogens with one attached hydrogen (secondary N) is 6. The summed E-state index contributed by atoms with van der Waals surface area (Å²) in [6.07, 6.45) is 5.33. The van der Waals surface area contributed by atoms with Gasteiger partial charge in [-0.1, -0.05) is 96.8 Å². The minimum absolute atomic E-state index is 0.0646. The van der Waals surface area contributed by atoms with E-state index in [1.165, 1.54) is 83.0 Å². The summed E-state index contributed by atoms with van der Waals surface area (Å²) in [7, 11) is 0. The smallest absolute Gasteiger partial charge is 0.303 e. The lowest BCUT2D eigenvalue weighted by molar-refractivity contribution is -0.292. The molecule has 25 heteroatoms. The molecule has 0 bridgehead atoms. The van der Waals surface area contributed by atoms with Crippen molar-refractivity contribution in [2.45, 2.75) is 223 Å². The molecule has 25 nitrogen and oxygen atoms in total. The number of carbonyl (C=O) groups is 7. The van der Waals surface area contributed by atoms with Crippen LogP contribution in [0.15, 0.2) is 0 Å². The molecule has 2 aliphatic heterocycles. The third-order valence-electron chi connectivity index (χ3n) is 13.3. The van der Waals surface area contributed by atoms with E-state index in [1.807, 2.05) is 0 Å². The highest BCUT2D eigenvalue weighted by atomic mass is 16.7. The maximum Gasteiger partial charge on any atom is 0.303 e. The van der Waals surface area contributed by atoms with Crippen molar-refractivity contribution in [3.8, 4) is 0 Å². The second-order valence-corrected chi connectivity index (χ2v) is 20.1. The van der Waals surface area contributed by atoms with Gasteiger partial charge in [0.1, 0.15) is 42.7 Å². The fourth-order valence-electron chi connectivity index (χ4n) is 8.68. The second-order valence-electron chi connectivity index (χ2n) is 20.1. The maximum atomic E-state index is 13.0. The Balaban J connectivity index is 1.70. The lowest BCUT2D eigenvalue weighted by atomic mass is 10.0. The van der Waals surface area contributed by atoms with Gasteiger partial charge in [0.05, 0.1) is 45.1 Å². The van der Waals surface area contributed by atoms with Crippen molar-refractivity contribution in [2.24, 2.45) is 0 Å². The molecule has 0 radical (unpaired) electrons. The number of amides is 6. The molecule has 0 aromatic heterocycles. The lowest BCUT2D eigenvalue weighted by Gasteiger charge is -2.38. The van der Waals surface area contributed by atoms with E-state index in [9.17, 15) is 69.3 Å². The van der Waals surface area contributed by atoms with Gasteiger partial charge < -0.3 is 86.6 Å². The van der Waals surface area contributed by atoms with Crippen LogP contribution in [0.4, 0.5) is 0 Å². The summed E-state index contributed by atoms with van der Waals surface area (Å²) in [6, 6.07) is -1.02. The van der Waals surface area contributed by atoms with Crippen LogP contribution in [-0.2, 0) is 52.5 Å². The molecule has 2 saturated heterocycles. The van der Waals surface area contributed by atoms with Crippen LogP contribution >= 0.6 is 0 Å². The molecular weight excluding hydrogens is 1010 g/mol. The highest BCUT2D eigenvalue weighted by molar-refractivity contribution is 5.88. The second kappa shape index (κ2) is 40.9. The fourth-order valence-corrected chi connectivity index (χ4v) is 8.68. The van der Waals surface area contributed by atoms with E-state index in [-0.39, 0.29) is 90.0 Å². The van der Waals surface area contributed by atoms with Gasteiger partial charge in [0, 0.05) is 52.0 Å². The Labute approximate surface area is 454 Å². The maximum absolute atomic E-state index is 13.0. The van der Waals surface area contributed by atoms with Gasteiger partial charge in [0.25, 0.3) is 0 Å². The first-order valence-electron chi connectivity index (χ1n) is 28.0. The molecule has 0 spiro atoms. The Morgan fingerprint density at radius 1 is 0.455 bits per heavy atom. The molecule has 6 amide bonds. The van der Waals surface area contributed by atoms with Crippen LogP contribution in [0.25, 0.3) is 0 Å². The number of aliphatic carboxylic acids is 1. The molecule has 0 saturated carbocycles. The number of aliphatic hydroxyl groups excluding tert-OH is 6. The summed E-state index contributed by atoms with van der Waals surface area (Å²) in [5.74, 6) is -3.86. The standard InChI is InChI=1S/C52H95N7O18/c1-4-5-6-7-8-9-10-11-12-13-14-15-16-18-22-39(61)58-37(23-24-43(65)66)50(73)57-27-26-54-38(60)21-19-17-20-25-53-40(62)32-59(33-41(63)55-28-30-74-51-48(71)46(69)44(67)35(2)76-51)34-42(64)56-29-31-75-52-49(72)47(70)45(68)36(3)77-52/h35-37,44-49,51-52,67-72H,4-34H2,1-3H3,(H,53,62)(H,54,60)(H,55,63)(H,56,64)(H,57,73)(H,58,61)(H,65,66)/t35-,36-,37?,44+,45+,46+,47+,48-,49-,51+,52+/m0/s1. The van der Waals surface area contributed by atoms with Crippen molar-refractivity contribution in [1.29, 1.82) is 0 Å². The summed E-state index contributed by atoms with van der Waals surface area (Å²) in [5.41, 5.74) is 0. The SMILES string of the molecule is CCCCCCCCCCCCCCCCC(=O)NC(CCC(=O)O)C(=O)NCCNC(=O)CCCCCNC(=O)CN(CC(=O)NCCO[C@@H]1O[C@@H](C)[C@@H](O)[C@@H](O)[C@@H]1O)CC(=O)NCCO[C@@H]1O[C@@H](C)[C@@H](O)[C@@H](O)[C@@H]1O. The lowest BCUT2D eigenvalue weighted by Crippen LogP contribution is -2.57. The molecule has 0 aromatic carbocycles. The van der Waals surface area contributed by atoms with Crippen molar-refractivity contribution in [3.63, 3.8) is 0 Å². The Morgan fingerprint density at radius 2 is 0.844 bits per heavy atom. The van der Waals surface area contributed by atoms with Gasteiger partial charge in [-0.3, -0.25) is 38.5 Å². The first-order valence-corrected chi connectivity index (χ1v) is 28.0. The number of aliphatic hydroxyl groups is 6. The number of rotatable bonds is 43. The van der Waals surface area contributed by atoms with Crippen molar-refractivity contribution in [2.75, 3.05) is 65.6 Å². The molecule has 0 aromatic rings. The molecular formula is C52H95N7O18. The summed E-state index contributed by atoms with van der Waals surface area (Å²) < 4.78 is 21.6. The van der Waals surface area contributed by atoms with Crippen molar-refractivity contribution >= 4 is 41.4 Å². The van der Waals surface area contributed by atoms with Crippen LogP contribution in [0, 0.1) is 0 Å². The Bertz CT molecular complexity index is 1650. The van der Waals surface area contributed by atoms with Crippen LogP contribution in [0.3, 0.4) is 0 Å². The zero-order valence-electron chi connectivity index (χ0n) is 45.8. The van der Waals surface area contributed by atoms with E-state index in [1.54, 1.807) is 0 Å². The number of hydrogen-bond donors (Lipinski definition) is 13. The minimum Gasteiger partial charge on any atom is -0.481 e. The number of nitrogens with zero attached hydrogens (tertiary/aromatic N) is 1. The minimum atomic E-state index is -1.54. The molecule has 77 heavy (non-hydrogen) atoms. The Morgan fingerprint density at radius 3 is 1.30 bits per heavy atom. The number of carboxylic acids is 1. The van der Waals surface area contributed by atoms with Crippen LogP contribution in [-0.4, -0.2) is 215 Å². The zero-order chi connectivity index (χ0) is 57.0. The summed E-state index contributed by atoms with van der Waals surface area (Å²) in [6.45, 7) is 3.99. The molecule has 0 aliphatic carbocycles. The van der Waals surface area contributed by atoms with Crippen molar-refractivity contribution < 1.29 is 88.3 Å². The average molecular weight is 1110 g/mol. The normalized spacial score (nSPS) is 23.7. The number of carboxylic acid groups (broad SMARTS) is 1. The van der Waals surface area contributed by atoms with Crippen LogP contribution in [0.5, 0.6) is 0 Å². The third-order valence-corrected chi connectivity index (χ3v) is 13.3. The molecule has 2 rings (SSSR count). The molecule has 446 valence electrons. The number of hydrogen-bond acceptors (Lipinski definition) is 18. The zero-order valence-corrected chi connectivity index (χ0v) is 45.8. The van der Waals surface area contributed by atoms with Gasteiger partial charge in [-0.15, -0.1) is 0 Å². The predicted molar refractivity (Wildman–Crippen MR) is 280 cm³/mol. The molecule has 11 atom stereocenters. The van der Waals surface area contributed by atoms with Gasteiger partial charge in [0.2, 0.25) is 35.4 Å². The van der Waals surface area contributed by atoms with Gasteiger partial charge in [-0.05, 0) is 39.5 Å². The van der Waals surface area contributed by atoms with Gasteiger partial charge in [0.15, 0.2) is 12.6 Å². The van der Waals surface area contributed by atoms with E-state index in [0.29, 0.717) is 25.7 Å². The fraction of sp³-hybridized carbons (Fsp3) is 0.865. The monoisotopic (exact) mass is 1110 g/mol. The summed E-state index contributed by atoms with van der Waals surface area (Å²) in [5, 5.41) is 85.3. The highest BCUT2D eigenvalue weighted by Gasteiger charge is 2.43. The number of unbranched alkanes of at least 4 members (excludes halogenated alkanes) is 15. The van der Waals surface area contributed by atoms with Gasteiger partial charge in [-0.25, -0.2) is 0 Å². The van der Waals surface area contributed by atoms with E-state index < -0.39 is 110 Å². The number of ether oxygens (including phenoxy) is 4. The molecule has 1 unspecified atom stereocenters. The predicted octanol–water partition coefficient (Wildman–Crippen LogP) is -0.661. The summed E-state index contributed by atoms with van der Waals surface area (Å²) >= 11 is 0. The third kappa shape index (κ3) is 30.7. The largest absolute Gasteiger partial charge is 0.481 e. The number of carbonyl (C=O) groups excluding carboxylic acids is 6.